The number of fused-ring (bicyclic) bond motifs is 2. The van der Waals surface area contributed by atoms with E-state index < -0.39 is 11.5 Å². The van der Waals surface area contributed by atoms with Gasteiger partial charge in [-0.3, -0.25) is 4.79 Å². The predicted molar refractivity (Wildman–Crippen MR) is 120 cm³/mol. The molecule has 0 saturated carbocycles. The Morgan fingerprint density at radius 2 is 2.00 bits per heavy atom. The van der Waals surface area contributed by atoms with E-state index in [1.165, 1.54) is 29.9 Å². The van der Waals surface area contributed by atoms with E-state index in [4.69, 9.17) is 8.83 Å². The SMILES string of the molecule is Cc1ccc2nc(N(/N=C/c3ccco3)C(=O)c3cc4ccccc4oc3=O)sc2c1. The summed E-state index contributed by atoms with van der Waals surface area (Å²) in [6, 6.07) is 17.8. The van der Waals surface area contributed by atoms with E-state index in [1.807, 2.05) is 25.1 Å². The number of aryl methyl sites for hydroxylation is 1. The normalized spacial score (nSPS) is 11.5. The van der Waals surface area contributed by atoms with E-state index in [9.17, 15) is 9.59 Å². The smallest absolute Gasteiger partial charge is 0.349 e. The molecule has 0 unspecified atom stereocenters. The molecule has 0 spiro atoms. The monoisotopic (exact) mass is 429 g/mol. The lowest BCUT2D eigenvalue weighted by molar-refractivity contribution is 0.0984. The molecule has 3 aromatic heterocycles. The van der Waals surface area contributed by atoms with Gasteiger partial charge in [0.05, 0.1) is 22.7 Å². The highest BCUT2D eigenvalue weighted by molar-refractivity contribution is 7.22. The third kappa shape index (κ3) is 3.64. The first-order valence-electron chi connectivity index (χ1n) is 9.40. The van der Waals surface area contributed by atoms with Gasteiger partial charge in [-0.25, -0.2) is 9.78 Å². The fourth-order valence-corrected chi connectivity index (χ4v) is 4.12. The molecule has 0 saturated heterocycles. The van der Waals surface area contributed by atoms with Crippen molar-refractivity contribution in [1.82, 2.24) is 4.98 Å². The first-order chi connectivity index (χ1) is 15.1. The Hall–Kier alpha value is -4.04. The average molecular weight is 429 g/mol. The van der Waals surface area contributed by atoms with Gasteiger partial charge in [-0.2, -0.15) is 10.1 Å². The molecule has 0 fully saturated rings. The molecule has 5 aromatic rings. The average Bonchev–Trinajstić information content (AvgIpc) is 3.42. The summed E-state index contributed by atoms with van der Waals surface area (Å²) in [5.41, 5.74) is 1.35. The highest BCUT2D eigenvalue weighted by Gasteiger charge is 2.25. The molecule has 2 aromatic carbocycles. The Morgan fingerprint density at radius 3 is 2.84 bits per heavy atom. The number of hydrogen-bond donors (Lipinski definition) is 0. The van der Waals surface area contributed by atoms with Crippen LogP contribution in [0, 0.1) is 6.92 Å². The van der Waals surface area contributed by atoms with Crippen LogP contribution >= 0.6 is 11.3 Å². The number of rotatable bonds is 4. The van der Waals surface area contributed by atoms with Crippen molar-refractivity contribution >= 4 is 49.8 Å². The molecule has 0 radical (unpaired) electrons. The summed E-state index contributed by atoms with van der Waals surface area (Å²) in [5, 5.41) is 6.36. The molecular formula is C23H15N3O4S. The van der Waals surface area contributed by atoms with Crippen LogP contribution in [-0.4, -0.2) is 17.1 Å². The maximum atomic E-state index is 13.4. The van der Waals surface area contributed by atoms with E-state index in [0.29, 0.717) is 21.9 Å². The molecule has 0 aliphatic heterocycles. The van der Waals surface area contributed by atoms with E-state index in [2.05, 4.69) is 10.1 Å². The first kappa shape index (κ1) is 19.0. The Kier molecular flexibility index (Phi) is 4.68. The van der Waals surface area contributed by atoms with Crippen LogP contribution in [0.4, 0.5) is 5.13 Å². The largest absolute Gasteiger partial charge is 0.463 e. The minimum absolute atomic E-state index is 0.134. The second kappa shape index (κ2) is 7.66. The van der Waals surface area contributed by atoms with Crippen molar-refractivity contribution in [3.05, 3.63) is 94.2 Å². The molecule has 0 aliphatic rings. The second-order valence-corrected chi connectivity index (χ2v) is 7.84. The number of furan rings is 1. The van der Waals surface area contributed by atoms with Crippen molar-refractivity contribution in [2.45, 2.75) is 6.92 Å². The molecule has 152 valence electrons. The summed E-state index contributed by atoms with van der Waals surface area (Å²) in [6.07, 6.45) is 2.91. The highest BCUT2D eigenvalue weighted by atomic mass is 32.1. The van der Waals surface area contributed by atoms with Crippen LogP contribution in [0.2, 0.25) is 0 Å². The molecule has 8 heteroatoms. The maximum Gasteiger partial charge on any atom is 0.349 e. The van der Waals surface area contributed by atoms with E-state index in [-0.39, 0.29) is 5.56 Å². The van der Waals surface area contributed by atoms with Gasteiger partial charge in [0, 0.05) is 5.39 Å². The van der Waals surface area contributed by atoms with Gasteiger partial charge < -0.3 is 8.83 Å². The number of para-hydroxylation sites is 1. The van der Waals surface area contributed by atoms with Crippen LogP contribution in [0.5, 0.6) is 0 Å². The number of carbonyl (C=O) groups excluding carboxylic acids is 1. The van der Waals surface area contributed by atoms with Gasteiger partial charge in [-0.1, -0.05) is 35.6 Å². The first-order valence-corrected chi connectivity index (χ1v) is 10.2. The number of carbonyl (C=O) groups is 1. The molecule has 0 aliphatic carbocycles. The number of anilines is 1. The third-order valence-electron chi connectivity index (χ3n) is 4.62. The lowest BCUT2D eigenvalue weighted by Crippen LogP contribution is -2.30. The topological polar surface area (TPSA) is 88.9 Å². The Labute approximate surface area is 179 Å². The summed E-state index contributed by atoms with van der Waals surface area (Å²) < 4.78 is 11.5. The van der Waals surface area contributed by atoms with Gasteiger partial charge in [0.2, 0.25) is 5.13 Å². The molecule has 7 nitrogen and oxygen atoms in total. The number of aromatic nitrogens is 1. The second-order valence-electron chi connectivity index (χ2n) is 6.83. The highest BCUT2D eigenvalue weighted by Crippen LogP contribution is 2.30. The van der Waals surface area contributed by atoms with Gasteiger partial charge in [-0.05, 0) is 48.9 Å². The fourth-order valence-electron chi connectivity index (χ4n) is 3.10. The van der Waals surface area contributed by atoms with Crippen LogP contribution < -0.4 is 10.6 Å². The van der Waals surface area contributed by atoms with Gasteiger partial charge in [-0.15, -0.1) is 0 Å². The summed E-state index contributed by atoms with van der Waals surface area (Å²) in [6.45, 7) is 1.98. The molecule has 31 heavy (non-hydrogen) atoms. The molecule has 0 atom stereocenters. The number of amides is 1. The fraction of sp³-hybridized carbons (Fsp3) is 0.0435. The van der Waals surface area contributed by atoms with Crippen LogP contribution in [-0.2, 0) is 0 Å². The number of thiazole rings is 1. The van der Waals surface area contributed by atoms with Gasteiger partial charge in [0.1, 0.15) is 16.9 Å². The third-order valence-corrected chi connectivity index (χ3v) is 5.62. The van der Waals surface area contributed by atoms with Crippen molar-refractivity contribution in [3.63, 3.8) is 0 Å². The maximum absolute atomic E-state index is 13.4. The standard InChI is InChI=1S/C23H15N3O4S/c1-14-8-9-18-20(11-14)31-23(25-18)26(24-13-16-6-4-10-29-16)21(27)17-12-15-5-2-3-7-19(15)30-22(17)28/h2-13H,1H3/b24-13+. The summed E-state index contributed by atoms with van der Waals surface area (Å²) >= 11 is 1.31. The number of nitrogens with zero attached hydrogens (tertiary/aromatic N) is 3. The molecule has 5 rings (SSSR count). The minimum atomic E-state index is -0.737. The molecule has 0 N–H and O–H groups in total. The molecular weight excluding hydrogens is 414 g/mol. The number of hydrogen-bond acceptors (Lipinski definition) is 7. The lowest BCUT2D eigenvalue weighted by Gasteiger charge is -2.13. The minimum Gasteiger partial charge on any atom is -0.463 e. The van der Waals surface area contributed by atoms with Crippen LogP contribution in [0.15, 0.2) is 85.7 Å². The summed E-state index contributed by atoms with van der Waals surface area (Å²) in [4.78, 5) is 30.5. The Bertz CT molecular complexity index is 1500. The number of benzene rings is 2. The van der Waals surface area contributed by atoms with Gasteiger partial charge >= 0.3 is 5.63 Å². The van der Waals surface area contributed by atoms with Crippen LogP contribution in [0.1, 0.15) is 21.7 Å². The zero-order chi connectivity index (χ0) is 21.4. The number of hydrazone groups is 1. The zero-order valence-electron chi connectivity index (χ0n) is 16.3. The van der Waals surface area contributed by atoms with Crippen molar-refractivity contribution in [3.8, 4) is 0 Å². The molecule has 0 bridgehead atoms. The van der Waals surface area contributed by atoms with Crippen molar-refractivity contribution < 1.29 is 13.6 Å². The quantitative estimate of drug-likeness (QED) is 0.228. The summed E-state index contributed by atoms with van der Waals surface area (Å²) in [7, 11) is 0. The zero-order valence-corrected chi connectivity index (χ0v) is 17.1. The Balaban J connectivity index is 1.63. The van der Waals surface area contributed by atoms with Crippen LogP contribution in [0.25, 0.3) is 21.2 Å². The van der Waals surface area contributed by atoms with E-state index in [1.54, 1.807) is 36.4 Å². The van der Waals surface area contributed by atoms with Crippen LogP contribution in [0.3, 0.4) is 0 Å². The summed E-state index contributed by atoms with van der Waals surface area (Å²) in [5.74, 6) is -0.182. The lowest BCUT2D eigenvalue weighted by atomic mass is 10.2. The van der Waals surface area contributed by atoms with Crippen molar-refractivity contribution in [2.75, 3.05) is 5.01 Å². The van der Waals surface area contributed by atoms with Crippen molar-refractivity contribution in [1.29, 1.82) is 0 Å². The van der Waals surface area contributed by atoms with E-state index >= 15 is 0 Å². The van der Waals surface area contributed by atoms with Gasteiger partial charge in [0.25, 0.3) is 5.91 Å². The Morgan fingerprint density at radius 1 is 1.13 bits per heavy atom. The molecule has 1 amide bonds. The molecule has 3 heterocycles. The van der Waals surface area contributed by atoms with Gasteiger partial charge in [0.15, 0.2) is 0 Å². The predicted octanol–water partition coefficient (Wildman–Crippen LogP) is 4.99. The van der Waals surface area contributed by atoms with Crippen molar-refractivity contribution in [2.24, 2.45) is 5.10 Å². The van der Waals surface area contributed by atoms with E-state index in [0.717, 1.165) is 20.8 Å².